The minimum atomic E-state index is -4.20. The van der Waals surface area contributed by atoms with Gasteiger partial charge < -0.3 is 5.32 Å². The Morgan fingerprint density at radius 3 is 1.87 bits per heavy atom. The summed E-state index contributed by atoms with van der Waals surface area (Å²) in [5, 5.41) is 5.04. The number of amides is 3. The van der Waals surface area contributed by atoms with Gasteiger partial charge in [0, 0.05) is 12.6 Å². The minimum absolute atomic E-state index is 0.0336. The summed E-state index contributed by atoms with van der Waals surface area (Å²) in [5.41, 5.74) is 3.52. The third-order valence-corrected chi connectivity index (χ3v) is 5.57. The number of nitrogens with zero attached hydrogens (tertiary/aromatic N) is 2. The fraction of sp³-hybridized carbons (Fsp3) is 0.400. The van der Waals surface area contributed by atoms with Crippen molar-refractivity contribution in [1.82, 2.24) is 14.7 Å². The monoisotopic (exact) mass is 433 g/mol. The maximum Gasteiger partial charge on any atom is 0.333 e. The van der Waals surface area contributed by atoms with E-state index in [2.05, 4.69) is 20.6 Å². The third kappa shape index (κ3) is 5.76. The Hall–Kier alpha value is -3.01. The van der Waals surface area contributed by atoms with Crippen LogP contribution < -0.4 is 15.4 Å². The number of aromatic nitrogens is 2. The number of hydrogen-bond acceptors (Lipinski definition) is 6. The number of carbonyl (C=O) groups is 2. The van der Waals surface area contributed by atoms with Gasteiger partial charge in [-0.25, -0.2) is 27.9 Å². The molecule has 9 nitrogen and oxygen atoms in total. The predicted molar refractivity (Wildman–Crippen MR) is 115 cm³/mol. The zero-order chi connectivity index (χ0) is 22.6. The van der Waals surface area contributed by atoms with Crippen molar-refractivity contribution in [3.63, 3.8) is 0 Å². The summed E-state index contributed by atoms with van der Waals surface area (Å²) >= 11 is 0. The number of nitrogens with one attached hydrogen (secondary N) is 3. The first-order chi connectivity index (χ1) is 13.9. The molecule has 1 aromatic carbocycles. The van der Waals surface area contributed by atoms with Crippen LogP contribution in [0.3, 0.4) is 0 Å². The minimum Gasteiger partial charge on any atom is -0.307 e. The molecule has 0 spiro atoms. The lowest BCUT2D eigenvalue weighted by molar-refractivity contribution is -0.114. The van der Waals surface area contributed by atoms with Gasteiger partial charge in [-0.2, -0.15) is 0 Å². The van der Waals surface area contributed by atoms with Gasteiger partial charge in [0.25, 0.3) is 10.0 Å². The quantitative estimate of drug-likeness (QED) is 0.639. The van der Waals surface area contributed by atoms with E-state index < -0.39 is 16.1 Å². The van der Waals surface area contributed by atoms with E-state index in [-0.39, 0.29) is 28.6 Å². The number of urea groups is 1. The molecular weight excluding hydrogens is 406 g/mol. The van der Waals surface area contributed by atoms with E-state index in [0.29, 0.717) is 5.69 Å². The van der Waals surface area contributed by atoms with Crippen molar-refractivity contribution in [2.75, 3.05) is 10.6 Å². The van der Waals surface area contributed by atoms with Crippen molar-refractivity contribution in [2.45, 2.75) is 58.3 Å². The molecule has 0 unspecified atom stereocenters. The van der Waals surface area contributed by atoms with Crippen LogP contribution >= 0.6 is 0 Å². The molecule has 0 aliphatic carbocycles. The maximum absolute atomic E-state index is 12.5. The molecule has 0 saturated heterocycles. The standard InChI is InChI=1S/C20H27N5O4S/c1-11(2)16-7-13(5)8-17(12(3)4)18(16)24-20(27)25-30(28,29)15-9-21-19(22-10-15)23-14(6)26/h7-12H,1-6H3,(H2,24,25,27)(H,21,22,23,26). The van der Waals surface area contributed by atoms with Crippen molar-refractivity contribution in [2.24, 2.45) is 0 Å². The molecule has 0 aliphatic heterocycles. The first kappa shape index (κ1) is 23.3. The Balaban J connectivity index is 2.27. The van der Waals surface area contributed by atoms with Crippen LogP contribution in [-0.4, -0.2) is 30.3 Å². The van der Waals surface area contributed by atoms with Gasteiger partial charge in [0.2, 0.25) is 11.9 Å². The maximum atomic E-state index is 12.5. The lowest BCUT2D eigenvalue weighted by Gasteiger charge is -2.21. The van der Waals surface area contributed by atoms with E-state index in [0.717, 1.165) is 29.1 Å². The molecule has 0 atom stereocenters. The number of aryl methyl sites for hydroxylation is 1. The average molecular weight is 434 g/mol. The van der Waals surface area contributed by atoms with Crippen LogP contribution in [0.4, 0.5) is 16.4 Å². The van der Waals surface area contributed by atoms with Gasteiger partial charge in [-0.05, 0) is 29.9 Å². The number of sulfonamides is 1. The molecule has 3 N–H and O–H groups in total. The first-order valence-corrected chi connectivity index (χ1v) is 11.0. The summed E-state index contributed by atoms with van der Waals surface area (Å²) < 4.78 is 27.0. The Morgan fingerprint density at radius 1 is 0.933 bits per heavy atom. The van der Waals surface area contributed by atoms with Crippen molar-refractivity contribution in [3.8, 4) is 0 Å². The molecule has 30 heavy (non-hydrogen) atoms. The Kier molecular flexibility index (Phi) is 7.14. The van der Waals surface area contributed by atoms with Gasteiger partial charge in [-0.3, -0.25) is 10.1 Å². The van der Waals surface area contributed by atoms with Crippen molar-refractivity contribution >= 4 is 33.6 Å². The highest BCUT2D eigenvalue weighted by atomic mass is 32.2. The molecule has 0 radical (unpaired) electrons. The number of benzene rings is 1. The van der Waals surface area contributed by atoms with Crippen molar-refractivity contribution < 1.29 is 18.0 Å². The first-order valence-electron chi connectivity index (χ1n) is 9.48. The third-order valence-electron chi connectivity index (χ3n) is 4.28. The predicted octanol–water partition coefficient (Wildman–Crippen LogP) is 3.50. The summed E-state index contributed by atoms with van der Waals surface area (Å²) in [6.07, 6.45) is 2.03. The van der Waals surface area contributed by atoms with E-state index in [4.69, 9.17) is 0 Å². The van der Waals surface area contributed by atoms with Crippen LogP contribution in [0.1, 0.15) is 63.1 Å². The van der Waals surface area contributed by atoms with E-state index in [1.807, 2.05) is 51.5 Å². The largest absolute Gasteiger partial charge is 0.333 e. The zero-order valence-electron chi connectivity index (χ0n) is 17.9. The molecule has 0 aliphatic rings. The molecular formula is C20H27N5O4S. The van der Waals surface area contributed by atoms with Crippen molar-refractivity contribution in [1.29, 1.82) is 0 Å². The number of carbonyl (C=O) groups excluding carboxylic acids is 2. The lowest BCUT2D eigenvalue weighted by Crippen LogP contribution is -2.35. The summed E-state index contributed by atoms with van der Waals surface area (Å²) in [4.78, 5) is 30.8. The molecule has 1 aromatic heterocycles. The number of hydrogen-bond donors (Lipinski definition) is 3. The highest BCUT2D eigenvalue weighted by molar-refractivity contribution is 7.90. The van der Waals surface area contributed by atoms with E-state index in [1.165, 1.54) is 6.92 Å². The molecule has 3 amide bonds. The Labute approximate surface area is 176 Å². The average Bonchev–Trinajstić information content (AvgIpc) is 2.61. The van der Waals surface area contributed by atoms with Crippen molar-refractivity contribution in [3.05, 3.63) is 41.2 Å². The van der Waals surface area contributed by atoms with E-state index in [1.54, 1.807) is 0 Å². The van der Waals surface area contributed by atoms with Gasteiger partial charge in [0.05, 0.1) is 12.4 Å². The number of anilines is 2. The second-order valence-corrected chi connectivity index (χ2v) is 9.29. The zero-order valence-corrected chi connectivity index (χ0v) is 18.7. The van der Waals surface area contributed by atoms with Gasteiger partial charge in [-0.15, -0.1) is 0 Å². The van der Waals surface area contributed by atoms with Crippen LogP contribution in [-0.2, 0) is 14.8 Å². The Morgan fingerprint density at radius 2 is 1.43 bits per heavy atom. The van der Waals surface area contributed by atoms with Crippen LogP contribution in [0.2, 0.25) is 0 Å². The molecule has 2 rings (SSSR count). The summed E-state index contributed by atoms with van der Waals surface area (Å²) in [6, 6.07) is 3.08. The summed E-state index contributed by atoms with van der Waals surface area (Å²) in [6.45, 7) is 11.3. The van der Waals surface area contributed by atoms with E-state index in [9.17, 15) is 18.0 Å². The van der Waals surface area contributed by atoms with Crippen LogP contribution in [0.5, 0.6) is 0 Å². The van der Waals surface area contributed by atoms with Crippen LogP contribution in [0.25, 0.3) is 0 Å². The van der Waals surface area contributed by atoms with Gasteiger partial charge in [0.15, 0.2) is 0 Å². The van der Waals surface area contributed by atoms with Crippen LogP contribution in [0, 0.1) is 6.92 Å². The van der Waals surface area contributed by atoms with Crippen LogP contribution in [0.15, 0.2) is 29.4 Å². The SMILES string of the molecule is CC(=O)Nc1ncc(S(=O)(=O)NC(=O)Nc2c(C(C)C)cc(C)cc2C(C)C)cn1. The number of rotatable bonds is 6. The fourth-order valence-corrected chi connectivity index (χ4v) is 3.69. The summed E-state index contributed by atoms with van der Waals surface area (Å²) in [7, 11) is -4.20. The second kappa shape index (κ2) is 9.21. The van der Waals surface area contributed by atoms with E-state index >= 15 is 0 Å². The summed E-state index contributed by atoms with van der Waals surface area (Å²) in [5.74, 6) is -0.162. The highest BCUT2D eigenvalue weighted by Gasteiger charge is 2.22. The topological polar surface area (TPSA) is 130 Å². The van der Waals surface area contributed by atoms with Gasteiger partial charge in [0.1, 0.15) is 4.90 Å². The molecule has 162 valence electrons. The molecule has 0 saturated carbocycles. The lowest BCUT2D eigenvalue weighted by atomic mass is 9.90. The van der Waals surface area contributed by atoms with Gasteiger partial charge in [-0.1, -0.05) is 45.4 Å². The molecule has 0 fully saturated rings. The second-order valence-electron chi connectivity index (χ2n) is 7.61. The normalized spacial score (nSPS) is 11.5. The highest BCUT2D eigenvalue weighted by Crippen LogP contribution is 2.33. The molecule has 10 heteroatoms. The fourth-order valence-electron chi connectivity index (χ4n) is 2.90. The Bertz CT molecular complexity index is 1020. The molecule has 1 heterocycles. The van der Waals surface area contributed by atoms with Gasteiger partial charge >= 0.3 is 6.03 Å². The molecule has 0 bridgehead atoms. The molecule has 2 aromatic rings. The smallest absolute Gasteiger partial charge is 0.307 e.